The molecule has 1 aliphatic carbocycles. The van der Waals surface area contributed by atoms with Crippen molar-refractivity contribution in [3.05, 3.63) is 35.4 Å². The van der Waals surface area contributed by atoms with E-state index >= 15 is 0 Å². The first-order valence-electron chi connectivity index (χ1n) is 7.38. The van der Waals surface area contributed by atoms with E-state index in [2.05, 4.69) is 24.3 Å². The molecule has 19 heavy (non-hydrogen) atoms. The Hall–Kier alpha value is -1.35. The molecule has 2 N–H and O–H groups in total. The number of likely N-dealkylation sites (tertiary alicyclic amines) is 1. The lowest BCUT2D eigenvalue weighted by molar-refractivity contribution is -0.130. The lowest BCUT2D eigenvalue weighted by Gasteiger charge is -2.35. The molecule has 3 nitrogen and oxygen atoms in total. The smallest absolute Gasteiger partial charge is 0.236 e. The second-order valence-electron chi connectivity index (χ2n) is 5.70. The monoisotopic (exact) mass is 258 g/mol. The summed E-state index contributed by atoms with van der Waals surface area (Å²) in [7, 11) is 0. The molecule has 2 aliphatic rings. The number of carbonyl (C=O) groups excluding carboxylic acids is 1. The summed E-state index contributed by atoms with van der Waals surface area (Å²) in [5, 5.41) is 0. The van der Waals surface area contributed by atoms with Crippen LogP contribution >= 0.6 is 0 Å². The van der Waals surface area contributed by atoms with Gasteiger partial charge >= 0.3 is 0 Å². The van der Waals surface area contributed by atoms with Crippen molar-refractivity contribution >= 4 is 5.91 Å². The van der Waals surface area contributed by atoms with Crippen molar-refractivity contribution in [2.45, 2.75) is 44.1 Å². The fourth-order valence-corrected chi connectivity index (χ4v) is 3.83. The Bertz CT molecular complexity index is 472. The van der Waals surface area contributed by atoms with E-state index in [9.17, 15) is 4.79 Å². The van der Waals surface area contributed by atoms with Crippen LogP contribution in [0.3, 0.4) is 0 Å². The van der Waals surface area contributed by atoms with Gasteiger partial charge < -0.3 is 10.6 Å². The molecule has 0 bridgehead atoms. The van der Waals surface area contributed by atoms with Crippen LogP contribution in [0.25, 0.3) is 0 Å². The second-order valence-corrected chi connectivity index (χ2v) is 5.70. The number of rotatable bonds is 2. The molecule has 1 saturated heterocycles. The first kappa shape index (κ1) is 12.7. The highest BCUT2D eigenvalue weighted by Gasteiger charge is 2.36. The third-order valence-electron chi connectivity index (χ3n) is 4.67. The van der Waals surface area contributed by atoms with E-state index in [-0.39, 0.29) is 12.5 Å². The Kier molecular flexibility index (Phi) is 3.56. The van der Waals surface area contributed by atoms with Crippen LogP contribution in [-0.4, -0.2) is 29.9 Å². The molecule has 1 aromatic rings. The zero-order valence-electron chi connectivity index (χ0n) is 11.3. The molecule has 102 valence electrons. The number of fused-ring (bicyclic) bond motifs is 1. The third kappa shape index (κ3) is 2.27. The van der Waals surface area contributed by atoms with Crippen LogP contribution in [0.2, 0.25) is 0 Å². The highest BCUT2D eigenvalue weighted by atomic mass is 16.2. The van der Waals surface area contributed by atoms with Crippen molar-refractivity contribution in [2.24, 2.45) is 5.73 Å². The van der Waals surface area contributed by atoms with Crippen molar-refractivity contribution in [2.75, 3.05) is 13.1 Å². The lowest BCUT2D eigenvalue weighted by atomic mass is 9.78. The maximum atomic E-state index is 12.0. The predicted molar refractivity (Wildman–Crippen MR) is 75.9 cm³/mol. The lowest BCUT2D eigenvalue weighted by Crippen LogP contribution is -2.43. The van der Waals surface area contributed by atoms with Gasteiger partial charge in [-0.25, -0.2) is 0 Å². The van der Waals surface area contributed by atoms with Crippen molar-refractivity contribution in [3.8, 4) is 0 Å². The van der Waals surface area contributed by atoms with Crippen LogP contribution in [-0.2, 0) is 11.2 Å². The molecule has 1 amide bonds. The van der Waals surface area contributed by atoms with E-state index in [4.69, 9.17) is 5.73 Å². The maximum absolute atomic E-state index is 12.0. The van der Waals surface area contributed by atoms with Gasteiger partial charge in [0.15, 0.2) is 0 Å². The molecule has 3 rings (SSSR count). The first-order chi connectivity index (χ1) is 9.31. The molecule has 1 fully saturated rings. The molecular weight excluding hydrogens is 236 g/mol. The number of benzene rings is 1. The molecular formula is C16H22N2O. The van der Waals surface area contributed by atoms with Gasteiger partial charge in [0.1, 0.15) is 0 Å². The molecule has 0 aromatic heterocycles. The van der Waals surface area contributed by atoms with Crippen molar-refractivity contribution < 1.29 is 4.79 Å². The highest BCUT2D eigenvalue weighted by Crippen LogP contribution is 2.39. The zero-order valence-corrected chi connectivity index (χ0v) is 11.3. The second kappa shape index (κ2) is 5.33. The van der Waals surface area contributed by atoms with Gasteiger partial charge in [-0.15, -0.1) is 0 Å². The number of amides is 1. The number of nitrogens with two attached hydrogens (primary N) is 1. The van der Waals surface area contributed by atoms with Crippen molar-refractivity contribution in [1.82, 2.24) is 4.90 Å². The van der Waals surface area contributed by atoms with Gasteiger partial charge in [-0.3, -0.25) is 4.79 Å². The molecule has 0 saturated carbocycles. The Morgan fingerprint density at radius 2 is 2.11 bits per heavy atom. The van der Waals surface area contributed by atoms with E-state index in [0.29, 0.717) is 12.0 Å². The number of aryl methyl sites for hydroxylation is 1. The van der Waals surface area contributed by atoms with Gasteiger partial charge in [0.05, 0.1) is 6.54 Å². The number of carbonyl (C=O) groups is 1. The summed E-state index contributed by atoms with van der Waals surface area (Å²) in [5.74, 6) is 0.633. The van der Waals surface area contributed by atoms with Gasteiger partial charge in [-0.1, -0.05) is 24.3 Å². The van der Waals surface area contributed by atoms with Gasteiger partial charge in [0, 0.05) is 18.5 Å². The van der Waals surface area contributed by atoms with E-state index in [1.165, 1.54) is 30.4 Å². The highest BCUT2D eigenvalue weighted by molar-refractivity contribution is 5.78. The van der Waals surface area contributed by atoms with Gasteiger partial charge in [0.25, 0.3) is 0 Å². The van der Waals surface area contributed by atoms with Crippen LogP contribution in [0.4, 0.5) is 0 Å². The zero-order chi connectivity index (χ0) is 13.2. The van der Waals surface area contributed by atoms with E-state index in [1.54, 1.807) is 0 Å². The molecule has 1 aromatic carbocycles. The minimum absolute atomic E-state index is 0.116. The van der Waals surface area contributed by atoms with Gasteiger partial charge in [0.2, 0.25) is 5.91 Å². The third-order valence-corrected chi connectivity index (χ3v) is 4.67. The van der Waals surface area contributed by atoms with Crippen LogP contribution in [0.5, 0.6) is 0 Å². The largest absolute Gasteiger partial charge is 0.338 e. The summed E-state index contributed by atoms with van der Waals surface area (Å²) in [6.07, 6.45) is 5.88. The molecule has 1 aliphatic heterocycles. The number of hydrogen-bond donors (Lipinski definition) is 1. The summed E-state index contributed by atoms with van der Waals surface area (Å²) in [6.45, 7) is 1.03. The fourth-order valence-electron chi connectivity index (χ4n) is 3.83. The first-order valence-corrected chi connectivity index (χ1v) is 7.38. The summed E-state index contributed by atoms with van der Waals surface area (Å²) >= 11 is 0. The molecule has 0 spiro atoms. The standard InChI is InChI=1S/C16H22N2O/c17-11-16(19)18-10-4-9-15(18)14-8-3-6-12-5-1-2-7-13(12)14/h1-2,5,7,14-15H,3-4,6,8-11,17H2/t14-,15-/m1/s1. The van der Waals surface area contributed by atoms with Crippen LogP contribution in [0.1, 0.15) is 42.7 Å². The minimum Gasteiger partial charge on any atom is -0.338 e. The number of nitrogens with zero attached hydrogens (tertiary/aromatic N) is 1. The van der Waals surface area contributed by atoms with E-state index < -0.39 is 0 Å². The van der Waals surface area contributed by atoms with Gasteiger partial charge in [-0.05, 0) is 43.2 Å². The SMILES string of the molecule is NCC(=O)N1CCC[C@@H]1[C@@H]1CCCc2ccccc21. The Morgan fingerprint density at radius 1 is 1.26 bits per heavy atom. The Labute approximate surface area is 114 Å². The summed E-state index contributed by atoms with van der Waals surface area (Å²) in [5.41, 5.74) is 8.49. The maximum Gasteiger partial charge on any atom is 0.236 e. The summed E-state index contributed by atoms with van der Waals surface area (Å²) < 4.78 is 0. The minimum atomic E-state index is 0.116. The van der Waals surface area contributed by atoms with Crippen LogP contribution in [0, 0.1) is 0 Å². The fraction of sp³-hybridized carbons (Fsp3) is 0.562. The van der Waals surface area contributed by atoms with Crippen molar-refractivity contribution in [1.29, 1.82) is 0 Å². The van der Waals surface area contributed by atoms with Gasteiger partial charge in [-0.2, -0.15) is 0 Å². The topological polar surface area (TPSA) is 46.3 Å². The van der Waals surface area contributed by atoms with Crippen molar-refractivity contribution in [3.63, 3.8) is 0 Å². The van der Waals surface area contributed by atoms with E-state index in [0.717, 1.165) is 19.4 Å². The molecule has 0 unspecified atom stereocenters. The molecule has 1 heterocycles. The average Bonchev–Trinajstić information content (AvgIpc) is 2.95. The molecule has 3 heteroatoms. The average molecular weight is 258 g/mol. The molecule has 2 atom stereocenters. The summed E-state index contributed by atoms with van der Waals surface area (Å²) in [4.78, 5) is 14.0. The quantitative estimate of drug-likeness (QED) is 0.882. The normalized spacial score (nSPS) is 26.3. The van der Waals surface area contributed by atoms with E-state index in [1.807, 2.05) is 4.90 Å². The predicted octanol–water partition coefficient (Wildman–Crippen LogP) is 2.06. The summed E-state index contributed by atoms with van der Waals surface area (Å²) in [6, 6.07) is 9.12. The Balaban J connectivity index is 1.88. The Morgan fingerprint density at radius 3 is 2.95 bits per heavy atom. The van der Waals surface area contributed by atoms with Crippen LogP contribution in [0.15, 0.2) is 24.3 Å². The molecule has 0 radical (unpaired) electrons. The van der Waals surface area contributed by atoms with Crippen LogP contribution < -0.4 is 5.73 Å². The number of hydrogen-bond acceptors (Lipinski definition) is 2.